The summed E-state index contributed by atoms with van der Waals surface area (Å²) in [5.74, 6) is 1.10. The van der Waals surface area contributed by atoms with E-state index in [-0.39, 0.29) is 5.56 Å². The van der Waals surface area contributed by atoms with Gasteiger partial charge in [0, 0.05) is 30.7 Å². The zero-order chi connectivity index (χ0) is 21.3. The lowest BCUT2D eigenvalue weighted by molar-refractivity contribution is 0.100. The molecule has 0 aliphatic carbocycles. The van der Waals surface area contributed by atoms with E-state index in [1.165, 1.54) is 4.57 Å². The molecule has 0 atom stereocenters. The van der Waals surface area contributed by atoms with E-state index in [1.807, 2.05) is 31.2 Å². The van der Waals surface area contributed by atoms with Gasteiger partial charge in [-0.3, -0.25) is 9.59 Å². The maximum absolute atomic E-state index is 12.8. The van der Waals surface area contributed by atoms with E-state index in [2.05, 4.69) is 20.6 Å². The van der Waals surface area contributed by atoms with Gasteiger partial charge in [-0.05, 0) is 66.4 Å². The number of pyridine rings is 3. The maximum atomic E-state index is 12.8. The molecule has 0 bridgehead atoms. The number of nitrogens with one attached hydrogen (secondary N) is 2. The smallest absolute Gasteiger partial charge is 0.261 e. The first-order valence-electron chi connectivity index (χ1n) is 9.28. The Morgan fingerprint density at radius 2 is 1.80 bits per heavy atom. The van der Waals surface area contributed by atoms with E-state index in [4.69, 9.17) is 5.73 Å². The summed E-state index contributed by atoms with van der Waals surface area (Å²) in [7, 11) is 1.69. The Morgan fingerprint density at radius 3 is 2.50 bits per heavy atom. The third kappa shape index (κ3) is 3.83. The van der Waals surface area contributed by atoms with Gasteiger partial charge in [-0.25, -0.2) is 9.97 Å². The van der Waals surface area contributed by atoms with Gasteiger partial charge in [-0.15, -0.1) is 0 Å². The molecule has 0 spiro atoms. The van der Waals surface area contributed by atoms with Crippen LogP contribution in [0, 0.1) is 6.92 Å². The highest BCUT2D eigenvalue weighted by Gasteiger charge is 2.12. The van der Waals surface area contributed by atoms with E-state index < -0.39 is 5.91 Å². The van der Waals surface area contributed by atoms with Crippen LogP contribution in [0.3, 0.4) is 0 Å². The first kappa shape index (κ1) is 19.1. The number of rotatable bonds is 5. The van der Waals surface area contributed by atoms with E-state index >= 15 is 0 Å². The average Bonchev–Trinajstić information content (AvgIpc) is 2.71. The first-order valence-corrected chi connectivity index (χ1v) is 9.28. The first-order chi connectivity index (χ1) is 14.4. The van der Waals surface area contributed by atoms with Crippen molar-refractivity contribution >= 4 is 39.8 Å². The molecular weight excluding hydrogens is 380 g/mol. The number of nitrogens with zero attached hydrogens (tertiary/aromatic N) is 3. The molecule has 30 heavy (non-hydrogen) atoms. The van der Waals surface area contributed by atoms with Gasteiger partial charge in [0.2, 0.25) is 5.91 Å². The fourth-order valence-corrected chi connectivity index (χ4v) is 3.10. The Hall–Kier alpha value is -4.20. The third-order valence-electron chi connectivity index (χ3n) is 4.67. The van der Waals surface area contributed by atoms with Crippen LogP contribution in [0.25, 0.3) is 10.8 Å². The lowest BCUT2D eigenvalue weighted by atomic mass is 10.1. The summed E-state index contributed by atoms with van der Waals surface area (Å²) in [5.41, 5.74) is 7.27. The number of carbonyl (C=O) groups excluding carboxylic acids is 1. The third-order valence-corrected chi connectivity index (χ3v) is 4.67. The number of hydrogen-bond acceptors (Lipinski definition) is 6. The molecule has 3 aromatic heterocycles. The maximum Gasteiger partial charge on any atom is 0.261 e. The number of aryl methyl sites for hydroxylation is 2. The van der Waals surface area contributed by atoms with Crippen molar-refractivity contribution in [3.05, 3.63) is 82.4 Å². The second-order valence-corrected chi connectivity index (χ2v) is 6.96. The van der Waals surface area contributed by atoms with Crippen LogP contribution >= 0.6 is 0 Å². The molecule has 0 radical (unpaired) electrons. The summed E-state index contributed by atoms with van der Waals surface area (Å²) in [5, 5.41) is 7.57. The SMILES string of the molecule is Cc1ccnc(Nc2cc3ccn(C)c(=O)c3c(Nc3ccc(C(N)=O)cc3)n2)c1. The molecule has 4 N–H and O–H groups in total. The molecular formula is C22H20N6O2. The van der Waals surface area contributed by atoms with Crippen molar-refractivity contribution < 1.29 is 4.79 Å². The minimum absolute atomic E-state index is 0.170. The summed E-state index contributed by atoms with van der Waals surface area (Å²) in [4.78, 5) is 33.0. The Kier molecular flexibility index (Phi) is 4.89. The van der Waals surface area contributed by atoms with Crippen molar-refractivity contribution in [3.8, 4) is 0 Å². The van der Waals surface area contributed by atoms with Crippen molar-refractivity contribution in [2.75, 3.05) is 10.6 Å². The number of nitrogens with two attached hydrogens (primary N) is 1. The molecule has 1 amide bonds. The molecule has 8 heteroatoms. The van der Waals surface area contributed by atoms with Crippen LogP contribution < -0.4 is 21.9 Å². The fourth-order valence-electron chi connectivity index (χ4n) is 3.10. The number of benzene rings is 1. The van der Waals surface area contributed by atoms with Crippen LogP contribution in [-0.2, 0) is 7.05 Å². The van der Waals surface area contributed by atoms with Gasteiger partial charge in [-0.2, -0.15) is 0 Å². The predicted molar refractivity (Wildman–Crippen MR) is 117 cm³/mol. The normalized spacial score (nSPS) is 10.7. The van der Waals surface area contributed by atoms with Crippen LogP contribution in [0.15, 0.2) is 65.7 Å². The second-order valence-electron chi connectivity index (χ2n) is 6.96. The minimum Gasteiger partial charge on any atom is -0.366 e. The molecule has 0 saturated carbocycles. The highest BCUT2D eigenvalue weighted by molar-refractivity contribution is 5.95. The summed E-state index contributed by atoms with van der Waals surface area (Å²) in [6.07, 6.45) is 3.43. The molecule has 0 saturated heterocycles. The van der Waals surface area contributed by atoms with Crippen molar-refractivity contribution in [1.29, 1.82) is 0 Å². The summed E-state index contributed by atoms with van der Waals surface area (Å²) in [6.45, 7) is 1.98. The van der Waals surface area contributed by atoms with Gasteiger partial charge in [-0.1, -0.05) is 0 Å². The highest BCUT2D eigenvalue weighted by Crippen LogP contribution is 2.26. The molecule has 0 aliphatic rings. The van der Waals surface area contributed by atoms with Crippen LogP contribution in [-0.4, -0.2) is 20.4 Å². The monoisotopic (exact) mass is 400 g/mol. The van der Waals surface area contributed by atoms with Gasteiger partial charge in [0.25, 0.3) is 5.56 Å². The van der Waals surface area contributed by atoms with Crippen LogP contribution in [0.1, 0.15) is 15.9 Å². The lowest BCUT2D eigenvalue weighted by Crippen LogP contribution is -2.17. The lowest BCUT2D eigenvalue weighted by Gasteiger charge is -2.13. The van der Waals surface area contributed by atoms with Crippen molar-refractivity contribution in [2.45, 2.75) is 6.92 Å². The zero-order valence-electron chi connectivity index (χ0n) is 16.5. The second kappa shape index (κ2) is 7.67. The molecule has 0 unspecified atom stereocenters. The van der Waals surface area contributed by atoms with E-state index in [0.29, 0.717) is 34.1 Å². The molecule has 4 aromatic rings. The quantitative estimate of drug-likeness (QED) is 0.474. The van der Waals surface area contributed by atoms with Crippen molar-refractivity contribution in [3.63, 3.8) is 0 Å². The Labute approximate surface area is 172 Å². The summed E-state index contributed by atoms with van der Waals surface area (Å²) >= 11 is 0. The molecule has 8 nitrogen and oxygen atoms in total. The van der Waals surface area contributed by atoms with Crippen LogP contribution in [0.4, 0.5) is 23.1 Å². The van der Waals surface area contributed by atoms with E-state index in [9.17, 15) is 9.59 Å². The van der Waals surface area contributed by atoms with Gasteiger partial charge in [0.15, 0.2) is 0 Å². The predicted octanol–water partition coefficient (Wildman–Crippen LogP) is 3.22. The summed E-state index contributed by atoms with van der Waals surface area (Å²) < 4.78 is 1.50. The molecule has 1 aromatic carbocycles. The number of hydrogen-bond donors (Lipinski definition) is 3. The Bertz CT molecular complexity index is 1310. The standard InChI is InChI=1S/C22H20N6O2/c1-13-7-9-24-17(11-13)26-18-12-15-8-10-28(2)22(30)19(15)21(27-18)25-16-5-3-14(4-6-16)20(23)29/h3-12H,1-2H3,(H2,23,29)(H2,24,25,26,27). The number of amides is 1. The van der Waals surface area contributed by atoms with Gasteiger partial charge in [0.05, 0.1) is 5.39 Å². The molecule has 0 fully saturated rings. The minimum atomic E-state index is -0.504. The number of carbonyl (C=O) groups is 1. The van der Waals surface area contributed by atoms with Gasteiger partial charge in [0.1, 0.15) is 17.5 Å². The molecule has 0 aliphatic heterocycles. The highest BCUT2D eigenvalue weighted by atomic mass is 16.1. The van der Waals surface area contributed by atoms with Crippen LogP contribution in [0.2, 0.25) is 0 Å². The average molecular weight is 400 g/mol. The van der Waals surface area contributed by atoms with E-state index in [0.717, 1.165) is 10.9 Å². The van der Waals surface area contributed by atoms with Gasteiger partial charge < -0.3 is 20.9 Å². The zero-order valence-corrected chi connectivity index (χ0v) is 16.5. The number of anilines is 4. The van der Waals surface area contributed by atoms with Gasteiger partial charge >= 0.3 is 0 Å². The molecule has 150 valence electrons. The van der Waals surface area contributed by atoms with Crippen molar-refractivity contribution in [1.82, 2.24) is 14.5 Å². The van der Waals surface area contributed by atoms with Crippen molar-refractivity contribution in [2.24, 2.45) is 12.8 Å². The Morgan fingerprint density at radius 1 is 1.03 bits per heavy atom. The molecule has 4 rings (SSSR count). The largest absolute Gasteiger partial charge is 0.366 e. The number of aromatic nitrogens is 3. The summed E-state index contributed by atoms with van der Waals surface area (Å²) in [6, 6.07) is 14.1. The van der Waals surface area contributed by atoms with E-state index in [1.54, 1.807) is 43.7 Å². The Balaban J connectivity index is 1.79. The van der Waals surface area contributed by atoms with Crippen LogP contribution in [0.5, 0.6) is 0 Å². The number of fused-ring (bicyclic) bond motifs is 1. The number of primary amides is 1. The topological polar surface area (TPSA) is 115 Å². The fraction of sp³-hybridized carbons (Fsp3) is 0.0909. The molecule has 3 heterocycles.